The first-order chi connectivity index (χ1) is 11.2. The smallest absolute Gasteiger partial charge is 0.230 e. The molecule has 1 heterocycles. The molecule has 1 aromatic rings. The third kappa shape index (κ3) is 3.57. The minimum absolute atomic E-state index is 0.145. The highest BCUT2D eigenvalue weighted by atomic mass is 32.2. The first-order valence-corrected chi connectivity index (χ1v) is 10.1. The van der Waals surface area contributed by atoms with E-state index in [0.29, 0.717) is 29.7 Å². The van der Waals surface area contributed by atoms with Crippen molar-refractivity contribution in [2.75, 3.05) is 5.75 Å². The van der Waals surface area contributed by atoms with E-state index in [1.807, 2.05) is 0 Å². The maximum absolute atomic E-state index is 12.3. The number of nitrogens with one attached hydrogen (secondary N) is 1. The van der Waals surface area contributed by atoms with Crippen molar-refractivity contribution in [3.63, 3.8) is 0 Å². The topological polar surface area (TPSA) is 59.8 Å². The van der Waals surface area contributed by atoms with E-state index >= 15 is 0 Å². The summed E-state index contributed by atoms with van der Waals surface area (Å²) in [5.41, 5.74) is 0. The number of nitrogens with zero attached hydrogens (tertiary/aromatic N) is 3. The zero-order valence-electron chi connectivity index (χ0n) is 13.8. The van der Waals surface area contributed by atoms with Gasteiger partial charge in [0.15, 0.2) is 5.16 Å². The maximum Gasteiger partial charge on any atom is 0.230 e. The second kappa shape index (κ2) is 6.46. The van der Waals surface area contributed by atoms with Crippen molar-refractivity contribution in [2.45, 2.75) is 81.4 Å². The van der Waals surface area contributed by atoms with Crippen molar-refractivity contribution in [1.29, 1.82) is 0 Å². The van der Waals surface area contributed by atoms with Crippen LogP contribution >= 0.6 is 11.8 Å². The van der Waals surface area contributed by atoms with Crippen molar-refractivity contribution >= 4 is 17.7 Å². The van der Waals surface area contributed by atoms with E-state index in [1.165, 1.54) is 44.9 Å². The summed E-state index contributed by atoms with van der Waals surface area (Å²) < 4.78 is 2.32. The molecular weight excluding hydrogens is 308 g/mol. The van der Waals surface area contributed by atoms with Crippen LogP contribution in [0.3, 0.4) is 0 Å². The van der Waals surface area contributed by atoms with E-state index in [1.54, 1.807) is 11.8 Å². The van der Waals surface area contributed by atoms with Crippen molar-refractivity contribution in [3.05, 3.63) is 5.82 Å². The Kier molecular flexibility index (Phi) is 4.35. The highest BCUT2D eigenvalue weighted by Crippen LogP contribution is 2.45. The lowest BCUT2D eigenvalue weighted by molar-refractivity contribution is -0.119. The molecule has 4 rings (SSSR count). The lowest BCUT2D eigenvalue weighted by Crippen LogP contribution is -2.41. The van der Waals surface area contributed by atoms with Crippen LogP contribution in [0.4, 0.5) is 0 Å². The van der Waals surface area contributed by atoms with Gasteiger partial charge in [0.2, 0.25) is 5.91 Å². The summed E-state index contributed by atoms with van der Waals surface area (Å²) >= 11 is 1.56. The Morgan fingerprint density at radius 3 is 2.65 bits per heavy atom. The molecule has 0 aromatic carbocycles. The molecule has 6 heteroatoms. The molecule has 1 N–H and O–H groups in total. The molecule has 2 atom stereocenters. The van der Waals surface area contributed by atoms with Crippen LogP contribution in [0.1, 0.15) is 76.1 Å². The lowest BCUT2D eigenvalue weighted by Gasteiger charge is -2.29. The number of hydrogen-bond donors (Lipinski definition) is 1. The average molecular weight is 334 g/mol. The van der Waals surface area contributed by atoms with Gasteiger partial charge in [-0.1, -0.05) is 31.5 Å². The van der Waals surface area contributed by atoms with E-state index in [4.69, 9.17) is 0 Å². The highest BCUT2D eigenvalue weighted by molar-refractivity contribution is 7.99. The first-order valence-electron chi connectivity index (χ1n) is 9.09. The van der Waals surface area contributed by atoms with Gasteiger partial charge < -0.3 is 9.88 Å². The highest BCUT2D eigenvalue weighted by Gasteiger charge is 2.36. The molecule has 1 aromatic heterocycles. The molecule has 126 valence electrons. The SMILES string of the molecule is CC1CCCCC1NC(=O)CSc1nnc(C2CC2)n1C1CC1. The van der Waals surface area contributed by atoms with Crippen molar-refractivity contribution in [1.82, 2.24) is 20.1 Å². The minimum atomic E-state index is 0.145. The quantitative estimate of drug-likeness (QED) is 0.811. The molecule has 0 bridgehead atoms. The lowest BCUT2D eigenvalue weighted by atomic mass is 9.86. The van der Waals surface area contributed by atoms with Crippen molar-refractivity contribution in [3.8, 4) is 0 Å². The van der Waals surface area contributed by atoms with Gasteiger partial charge in [-0.15, -0.1) is 10.2 Å². The van der Waals surface area contributed by atoms with Crippen molar-refractivity contribution < 1.29 is 4.79 Å². The normalized spacial score (nSPS) is 27.9. The Morgan fingerprint density at radius 2 is 1.96 bits per heavy atom. The average Bonchev–Trinajstić information content (AvgIpc) is 3.46. The Bertz CT molecular complexity index is 579. The summed E-state index contributed by atoms with van der Waals surface area (Å²) in [7, 11) is 0. The Hall–Kier alpha value is -1.04. The van der Waals surface area contributed by atoms with Crippen LogP contribution < -0.4 is 5.32 Å². The molecule has 3 saturated carbocycles. The summed E-state index contributed by atoms with van der Waals surface area (Å²) in [5.74, 6) is 2.99. The fourth-order valence-electron chi connectivity index (χ4n) is 3.59. The summed E-state index contributed by atoms with van der Waals surface area (Å²) in [6.07, 6.45) is 9.86. The van der Waals surface area contributed by atoms with Crippen LogP contribution in [0.2, 0.25) is 0 Å². The molecule has 3 aliphatic rings. The molecule has 3 aliphatic carbocycles. The zero-order valence-corrected chi connectivity index (χ0v) is 14.6. The standard InChI is InChI=1S/C17H26N4OS/c1-11-4-2-3-5-14(11)18-15(22)10-23-17-20-19-16(12-6-7-12)21(17)13-8-9-13/h11-14H,2-10H2,1H3,(H,18,22). The van der Waals surface area contributed by atoms with E-state index < -0.39 is 0 Å². The Balaban J connectivity index is 1.34. The summed E-state index contributed by atoms with van der Waals surface area (Å²) in [5, 5.41) is 12.9. The predicted molar refractivity (Wildman–Crippen MR) is 90.6 cm³/mol. The van der Waals surface area contributed by atoms with E-state index in [9.17, 15) is 4.79 Å². The number of carbonyl (C=O) groups excluding carboxylic acids is 1. The molecule has 2 unspecified atom stereocenters. The zero-order chi connectivity index (χ0) is 15.8. The van der Waals surface area contributed by atoms with Crippen LogP contribution in [0.25, 0.3) is 0 Å². The molecule has 0 saturated heterocycles. The maximum atomic E-state index is 12.3. The summed E-state index contributed by atoms with van der Waals surface area (Å²) in [6, 6.07) is 0.949. The molecule has 3 fully saturated rings. The van der Waals surface area contributed by atoms with Gasteiger partial charge in [-0.2, -0.15) is 0 Å². The fraction of sp³-hybridized carbons (Fsp3) is 0.824. The van der Waals surface area contributed by atoms with Crippen LogP contribution in [0, 0.1) is 5.92 Å². The molecule has 0 aliphatic heterocycles. The van der Waals surface area contributed by atoms with Gasteiger partial charge in [-0.3, -0.25) is 4.79 Å². The number of aromatic nitrogens is 3. The molecule has 1 amide bonds. The van der Waals surface area contributed by atoms with Crippen LogP contribution in [0.15, 0.2) is 5.16 Å². The fourth-order valence-corrected chi connectivity index (χ4v) is 4.42. The number of hydrogen-bond acceptors (Lipinski definition) is 4. The van der Waals surface area contributed by atoms with Crippen LogP contribution in [0.5, 0.6) is 0 Å². The van der Waals surface area contributed by atoms with Gasteiger partial charge in [0.1, 0.15) is 5.82 Å². The second-order valence-corrected chi connectivity index (χ2v) is 8.38. The van der Waals surface area contributed by atoms with E-state index in [0.717, 1.165) is 17.4 Å². The van der Waals surface area contributed by atoms with Gasteiger partial charge in [0.05, 0.1) is 5.75 Å². The minimum Gasteiger partial charge on any atom is -0.352 e. The van der Waals surface area contributed by atoms with Gasteiger partial charge >= 0.3 is 0 Å². The van der Waals surface area contributed by atoms with Gasteiger partial charge in [-0.05, 0) is 44.4 Å². The molecular formula is C17H26N4OS. The molecule has 0 radical (unpaired) electrons. The Labute approximate surface area is 142 Å². The molecule has 5 nitrogen and oxygen atoms in total. The third-order valence-electron chi connectivity index (χ3n) is 5.34. The monoisotopic (exact) mass is 334 g/mol. The van der Waals surface area contributed by atoms with Crippen LogP contribution in [-0.2, 0) is 4.79 Å². The first kappa shape index (κ1) is 15.5. The van der Waals surface area contributed by atoms with E-state index in [2.05, 4.69) is 27.0 Å². The number of amides is 1. The van der Waals surface area contributed by atoms with E-state index in [-0.39, 0.29) is 5.91 Å². The molecule has 0 spiro atoms. The van der Waals surface area contributed by atoms with Gasteiger partial charge in [0, 0.05) is 18.0 Å². The predicted octanol–water partition coefficient (Wildman–Crippen LogP) is 3.28. The summed E-state index contributed by atoms with van der Waals surface area (Å²) in [6.45, 7) is 2.25. The third-order valence-corrected chi connectivity index (χ3v) is 6.28. The van der Waals surface area contributed by atoms with Crippen LogP contribution in [-0.4, -0.2) is 32.5 Å². The second-order valence-electron chi connectivity index (χ2n) is 7.44. The van der Waals surface area contributed by atoms with Crippen molar-refractivity contribution in [2.24, 2.45) is 5.92 Å². The number of thioether (sulfide) groups is 1. The molecule has 23 heavy (non-hydrogen) atoms. The largest absolute Gasteiger partial charge is 0.352 e. The van der Waals surface area contributed by atoms with Gasteiger partial charge in [0.25, 0.3) is 0 Å². The number of carbonyl (C=O) groups is 1. The van der Waals surface area contributed by atoms with Gasteiger partial charge in [-0.25, -0.2) is 0 Å². The summed E-state index contributed by atoms with van der Waals surface area (Å²) in [4.78, 5) is 12.3. The number of rotatable bonds is 6. The Morgan fingerprint density at radius 1 is 1.17 bits per heavy atom.